The summed E-state index contributed by atoms with van der Waals surface area (Å²) in [6, 6.07) is 0. The Bertz CT molecular complexity index is 335. The second-order valence-electron chi connectivity index (χ2n) is 6.73. The molecule has 0 amide bonds. The molecule has 0 fully saturated rings. The summed E-state index contributed by atoms with van der Waals surface area (Å²) in [5, 5.41) is 20.0. The van der Waals surface area contributed by atoms with Crippen LogP contribution < -0.4 is 0 Å². The SMILES string of the molecule is CCC[CH2][Sn]([C]#N)([CH2]CCC)[O][Sn]([C]#N)([CH2]CCC)[CH2]CCC. The topological polar surface area (TPSA) is 56.8 Å². The first-order valence-corrected chi connectivity index (χ1v) is 22.9. The standard InChI is InChI=1S/4C4H9.2CN.O.2Sn/c4*1-3-4-2;2*1-2;;;/h4*1,3-4H2,2H3;;;;;. The maximum absolute atomic E-state index is 9.98. The molecule has 0 aromatic rings. The van der Waals surface area contributed by atoms with Gasteiger partial charge in [-0.3, -0.25) is 0 Å². The normalized spacial score (nSPS) is 11.9. The monoisotopic (exact) mass is 536 g/mol. The molecule has 0 aliphatic rings. The van der Waals surface area contributed by atoms with Crippen molar-refractivity contribution in [2.24, 2.45) is 0 Å². The molecule has 5 heteroatoms. The van der Waals surface area contributed by atoms with Crippen LogP contribution in [-0.4, -0.2) is 37.6 Å². The van der Waals surface area contributed by atoms with Gasteiger partial charge in [-0.25, -0.2) is 0 Å². The van der Waals surface area contributed by atoms with Gasteiger partial charge >= 0.3 is 154 Å². The first-order valence-electron chi connectivity index (χ1n) is 9.60. The van der Waals surface area contributed by atoms with Crippen LogP contribution in [0.1, 0.15) is 79.1 Å². The molecule has 0 aliphatic heterocycles. The van der Waals surface area contributed by atoms with Gasteiger partial charge in [0.25, 0.3) is 0 Å². The Morgan fingerprint density at radius 3 is 1.04 bits per heavy atom. The minimum atomic E-state index is -3.26. The van der Waals surface area contributed by atoms with E-state index in [0.717, 1.165) is 69.1 Å². The van der Waals surface area contributed by atoms with Gasteiger partial charge in [-0.1, -0.05) is 0 Å². The quantitative estimate of drug-likeness (QED) is 0.249. The molecule has 0 aliphatic carbocycles. The molecule has 0 spiro atoms. The van der Waals surface area contributed by atoms with E-state index in [1.165, 1.54) is 0 Å². The van der Waals surface area contributed by atoms with Gasteiger partial charge in [-0.2, -0.15) is 0 Å². The molecule has 23 heavy (non-hydrogen) atoms. The van der Waals surface area contributed by atoms with Crippen LogP contribution >= 0.6 is 0 Å². The van der Waals surface area contributed by atoms with Gasteiger partial charge in [0, 0.05) is 0 Å². The Morgan fingerprint density at radius 1 is 0.609 bits per heavy atom. The Hall–Kier alpha value is 0.537. The molecule has 0 N–H and O–H groups in total. The van der Waals surface area contributed by atoms with Gasteiger partial charge in [-0.15, -0.1) is 0 Å². The zero-order valence-corrected chi connectivity index (χ0v) is 21.5. The van der Waals surface area contributed by atoms with Crippen molar-refractivity contribution < 1.29 is 1.41 Å². The Kier molecular flexibility index (Phi) is 14.1. The number of hydrogen-bond donors (Lipinski definition) is 0. The van der Waals surface area contributed by atoms with Gasteiger partial charge in [0.2, 0.25) is 0 Å². The Balaban J connectivity index is 5.36. The maximum atomic E-state index is 9.98. The zero-order valence-electron chi connectivity index (χ0n) is 15.8. The fraction of sp³-hybridized carbons (Fsp3) is 0.889. The summed E-state index contributed by atoms with van der Waals surface area (Å²) in [6.45, 7) is 8.73. The van der Waals surface area contributed by atoms with Gasteiger partial charge in [-0.05, 0) is 0 Å². The summed E-state index contributed by atoms with van der Waals surface area (Å²) in [4.78, 5) is 0. The number of hydrogen-bond acceptors (Lipinski definition) is 3. The molecule has 0 aromatic heterocycles. The Morgan fingerprint density at radius 2 is 0.870 bits per heavy atom. The van der Waals surface area contributed by atoms with Crippen molar-refractivity contribution in [1.29, 1.82) is 10.5 Å². The van der Waals surface area contributed by atoms with Crippen LogP contribution in [0.4, 0.5) is 0 Å². The van der Waals surface area contributed by atoms with E-state index in [1.54, 1.807) is 0 Å². The van der Waals surface area contributed by atoms with Crippen molar-refractivity contribution in [2.75, 3.05) is 0 Å². The van der Waals surface area contributed by atoms with Crippen LogP contribution in [0.5, 0.6) is 0 Å². The van der Waals surface area contributed by atoms with Crippen LogP contribution in [0, 0.1) is 18.7 Å². The average Bonchev–Trinajstić information content (AvgIpc) is 2.60. The van der Waals surface area contributed by atoms with Crippen molar-refractivity contribution in [2.45, 2.75) is 96.8 Å². The molecule has 0 aromatic carbocycles. The van der Waals surface area contributed by atoms with E-state index < -0.39 is 37.6 Å². The average molecular weight is 534 g/mol. The number of unbranched alkanes of at least 4 members (excludes halogenated alkanes) is 4. The van der Waals surface area contributed by atoms with E-state index in [1.807, 2.05) is 0 Å². The first kappa shape index (κ1) is 23.5. The summed E-state index contributed by atoms with van der Waals surface area (Å²) >= 11 is -6.52. The van der Waals surface area contributed by atoms with Crippen molar-refractivity contribution in [3.8, 4) is 8.17 Å². The predicted octanol–water partition coefficient (Wildman–Crippen LogP) is 6.22. The molecule has 0 bridgehead atoms. The van der Waals surface area contributed by atoms with Gasteiger partial charge < -0.3 is 0 Å². The van der Waals surface area contributed by atoms with E-state index in [4.69, 9.17) is 1.41 Å². The molecule has 0 saturated heterocycles. The molecule has 0 radical (unpaired) electrons. The zero-order chi connectivity index (χ0) is 17.6. The molecular formula is C18H36N2OSn2. The summed E-state index contributed by atoms with van der Waals surface area (Å²) < 4.78 is 16.3. The second kappa shape index (κ2) is 13.8. The van der Waals surface area contributed by atoms with Crippen LogP contribution in [0.25, 0.3) is 0 Å². The summed E-state index contributed by atoms with van der Waals surface area (Å²) in [7, 11) is 0. The van der Waals surface area contributed by atoms with Crippen molar-refractivity contribution in [3.05, 3.63) is 0 Å². The fourth-order valence-electron chi connectivity index (χ4n) is 2.95. The molecule has 0 rings (SSSR count). The summed E-state index contributed by atoms with van der Waals surface area (Å²) in [6.07, 6.45) is 8.88. The molecule has 0 heterocycles. The van der Waals surface area contributed by atoms with E-state index in [-0.39, 0.29) is 0 Å². The number of nitriles is 2. The van der Waals surface area contributed by atoms with Crippen LogP contribution in [-0.2, 0) is 1.41 Å². The Labute approximate surface area is 153 Å². The third-order valence-corrected chi connectivity index (χ3v) is 37.3. The molecule has 3 nitrogen and oxygen atoms in total. The van der Waals surface area contributed by atoms with Crippen molar-refractivity contribution in [3.63, 3.8) is 0 Å². The van der Waals surface area contributed by atoms with Gasteiger partial charge in [0.1, 0.15) is 0 Å². The van der Waals surface area contributed by atoms with E-state index in [0.29, 0.717) is 0 Å². The minimum absolute atomic E-state index is 1.00. The van der Waals surface area contributed by atoms with Gasteiger partial charge in [0.15, 0.2) is 0 Å². The van der Waals surface area contributed by atoms with Crippen molar-refractivity contribution in [1.82, 2.24) is 0 Å². The second-order valence-corrected chi connectivity index (χ2v) is 29.6. The fourth-order valence-corrected chi connectivity index (χ4v) is 43.7. The van der Waals surface area contributed by atoms with Crippen LogP contribution in [0.2, 0.25) is 17.7 Å². The molecule has 0 unspecified atom stereocenters. The van der Waals surface area contributed by atoms with Crippen LogP contribution in [0.15, 0.2) is 0 Å². The van der Waals surface area contributed by atoms with E-state index in [2.05, 4.69) is 35.9 Å². The van der Waals surface area contributed by atoms with E-state index >= 15 is 0 Å². The van der Waals surface area contributed by atoms with E-state index in [9.17, 15) is 10.5 Å². The summed E-state index contributed by atoms with van der Waals surface area (Å²) in [5.74, 6) is 0. The van der Waals surface area contributed by atoms with Crippen molar-refractivity contribution >= 4 is 37.6 Å². The molecule has 132 valence electrons. The molecule has 0 atom stereocenters. The third kappa shape index (κ3) is 8.98. The number of nitrogens with zero attached hydrogens (tertiary/aromatic N) is 2. The number of rotatable bonds is 14. The molecule has 0 saturated carbocycles. The molecular weight excluding hydrogens is 498 g/mol. The third-order valence-electron chi connectivity index (χ3n) is 4.53. The predicted molar refractivity (Wildman–Crippen MR) is 103 cm³/mol. The van der Waals surface area contributed by atoms with Crippen LogP contribution in [0.3, 0.4) is 0 Å². The summed E-state index contributed by atoms with van der Waals surface area (Å²) in [5.41, 5.74) is 0. The van der Waals surface area contributed by atoms with Gasteiger partial charge in [0.05, 0.1) is 0 Å². The first-order chi connectivity index (χ1) is 11.1.